The number of amides is 2. The van der Waals surface area contributed by atoms with Gasteiger partial charge in [0.25, 0.3) is 5.91 Å². The molecule has 0 spiro atoms. The number of alkyl halides is 3. The number of nitrogens with zero attached hydrogens (tertiary/aromatic N) is 2. The second-order valence-electron chi connectivity index (χ2n) is 4.73. The van der Waals surface area contributed by atoms with Crippen LogP contribution in [-0.2, 0) is 4.79 Å². The first-order valence-electron chi connectivity index (χ1n) is 5.97. The number of likely N-dealkylation sites (tertiary alicyclic amines) is 1. The Labute approximate surface area is 122 Å². The molecule has 2 rings (SSSR count). The summed E-state index contributed by atoms with van der Waals surface area (Å²) in [6.45, 7) is -0.983. The highest BCUT2D eigenvalue weighted by molar-refractivity contribution is 6.30. The van der Waals surface area contributed by atoms with Crippen LogP contribution >= 0.6 is 11.6 Å². The van der Waals surface area contributed by atoms with Gasteiger partial charge in [0.2, 0.25) is 5.91 Å². The molecule has 0 radical (unpaired) electrons. The summed E-state index contributed by atoms with van der Waals surface area (Å²) in [5.41, 5.74) is 4.96. The smallest absolute Gasteiger partial charge is 0.369 e. The number of aromatic nitrogens is 1. The van der Waals surface area contributed by atoms with Gasteiger partial charge in [0.1, 0.15) is 5.69 Å². The van der Waals surface area contributed by atoms with E-state index in [1.165, 1.54) is 18.3 Å². The van der Waals surface area contributed by atoms with Crippen LogP contribution in [0.1, 0.15) is 10.5 Å². The van der Waals surface area contributed by atoms with Gasteiger partial charge in [-0.25, -0.2) is 4.98 Å². The van der Waals surface area contributed by atoms with Crippen LogP contribution in [-0.4, -0.2) is 41.0 Å². The summed E-state index contributed by atoms with van der Waals surface area (Å²) in [5, 5.41) is 0.302. The van der Waals surface area contributed by atoms with Gasteiger partial charge >= 0.3 is 6.18 Å². The van der Waals surface area contributed by atoms with Crippen LogP contribution in [0.15, 0.2) is 18.3 Å². The summed E-state index contributed by atoms with van der Waals surface area (Å²) in [7, 11) is 0. The van der Waals surface area contributed by atoms with E-state index in [2.05, 4.69) is 4.98 Å². The zero-order valence-electron chi connectivity index (χ0n) is 10.6. The fourth-order valence-corrected chi connectivity index (χ4v) is 2.37. The molecule has 1 aliphatic heterocycles. The Morgan fingerprint density at radius 2 is 2.00 bits per heavy atom. The Hall–Kier alpha value is -1.83. The van der Waals surface area contributed by atoms with Crippen LogP contribution in [0.25, 0.3) is 0 Å². The van der Waals surface area contributed by atoms with E-state index in [1.807, 2.05) is 0 Å². The fourth-order valence-electron chi connectivity index (χ4n) is 2.25. The Bertz CT molecular complexity index is 562. The van der Waals surface area contributed by atoms with Crippen LogP contribution in [0.5, 0.6) is 0 Å². The minimum Gasteiger partial charge on any atom is -0.369 e. The van der Waals surface area contributed by atoms with Gasteiger partial charge in [-0.05, 0) is 12.1 Å². The minimum atomic E-state index is -4.60. The molecule has 1 saturated heterocycles. The normalized spacial score (nSPS) is 22.4. The number of pyridine rings is 1. The number of carbonyl (C=O) groups is 2. The Morgan fingerprint density at radius 3 is 2.43 bits per heavy atom. The molecule has 2 amide bonds. The lowest BCUT2D eigenvalue weighted by molar-refractivity contribution is -0.182. The highest BCUT2D eigenvalue weighted by atomic mass is 35.5. The first-order chi connectivity index (χ1) is 9.70. The highest BCUT2D eigenvalue weighted by Crippen LogP contribution is 2.37. The summed E-state index contributed by atoms with van der Waals surface area (Å²) < 4.78 is 38.7. The van der Waals surface area contributed by atoms with Gasteiger partial charge in [-0.3, -0.25) is 9.59 Å². The van der Waals surface area contributed by atoms with Crippen LogP contribution in [0, 0.1) is 11.8 Å². The molecule has 1 aromatic rings. The second-order valence-corrected chi connectivity index (χ2v) is 5.17. The molecule has 9 heteroatoms. The lowest BCUT2D eigenvalue weighted by Crippen LogP contribution is -2.37. The first kappa shape index (κ1) is 15.6. The third-order valence-electron chi connectivity index (χ3n) is 3.34. The van der Waals surface area contributed by atoms with E-state index in [-0.39, 0.29) is 12.2 Å². The molecule has 0 bridgehead atoms. The third-order valence-corrected chi connectivity index (χ3v) is 3.56. The summed E-state index contributed by atoms with van der Waals surface area (Å²) in [6, 6.07) is 2.72. The average molecular weight is 322 g/mol. The third kappa shape index (κ3) is 3.26. The first-order valence-corrected chi connectivity index (χ1v) is 6.35. The molecular weight excluding hydrogens is 311 g/mol. The monoisotopic (exact) mass is 321 g/mol. The van der Waals surface area contributed by atoms with Gasteiger partial charge in [-0.1, -0.05) is 11.6 Å². The lowest BCUT2D eigenvalue weighted by Gasteiger charge is -2.18. The van der Waals surface area contributed by atoms with Crippen molar-refractivity contribution in [1.29, 1.82) is 0 Å². The maximum atomic E-state index is 12.9. The maximum absolute atomic E-state index is 12.9. The fraction of sp³-hybridized carbons (Fsp3) is 0.417. The molecule has 114 valence electrons. The number of primary amides is 1. The van der Waals surface area contributed by atoms with Gasteiger partial charge in [0.15, 0.2) is 0 Å². The second kappa shape index (κ2) is 5.51. The van der Waals surface area contributed by atoms with Gasteiger partial charge in [0, 0.05) is 19.3 Å². The number of nitrogens with two attached hydrogens (primary N) is 1. The molecule has 21 heavy (non-hydrogen) atoms. The predicted octanol–water partition coefficient (Wildman–Crippen LogP) is 1.47. The molecule has 0 aliphatic carbocycles. The Morgan fingerprint density at radius 1 is 1.33 bits per heavy atom. The number of carbonyl (C=O) groups excluding carboxylic acids is 2. The Kier molecular flexibility index (Phi) is 4.08. The lowest BCUT2D eigenvalue weighted by atomic mass is 9.95. The van der Waals surface area contributed by atoms with Crippen molar-refractivity contribution in [3.8, 4) is 0 Å². The number of rotatable bonds is 2. The zero-order chi connectivity index (χ0) is 15.8. The molecule has 1 aromatic heterocycles. The Balaban J connectivity index is 2.20. The quantitative estimate of drug-likeness (QED) is 0.896. The molecular formula is C12H11ClF3N3O2. The van der Waals surface area contributed by atoms with E-state index >= 15 is 0 Å². The summed E-state index contributed by atoms with van der Waals surface area (Å²) in [5.74, 6) is -5.16. The van der Waals surface area contributed by atoms with E-state index in [9.17, 15) is 22.8 Å². The van der Waals surface area contributed by atoms with Crippen molar-refractivity contribution in [2.45, 2.75) is 6.18 Å². The van der Waals surface area contributed by atoms with Crippen LogP contribution in [0.3, 0.4) is 0 Å². The summed E-state index contributed by atoms with van der Waals surface area (Å²) in [6.07, 6.45) is -3.38. The molecule has 2 N–H and O–H groups in total. The molecule has 0 unspecified atom stereocenters. The maximum Gasteiger partial charge on any atom is 0.394 e. The van der Waals surface area contributed by atoms with Crippen LogP contribution < -0.4 is 5.73 Å². The average Bonchev–Trinajstić information content (AvgIpc) is 2.84. The number of halogens is 4. The molecule has 1 fully saturated rings. The van der Waals surface area contributed by atoms with E-state index in [0.717, 1.165) is 4.90 Å². The number of hydrogen-bond donors (Lipinski definition) is 1. The van der Waals surface area contributed by atoms with Crippen molar-refractivity contribution in [1.82, 2.24) is 9.88 Å². The topological polar surface area (TPSA) is 76.3 Å². The van der Waals surface area contributed by atoms with E-state index in [1.54, 1.807) is 0 Å². The van der Waals surface area contributed by atoms with Crippen molar-refractivity contribution in [3.05, 3.63) is 29.0 Å². The SMILES string of the molecule is NC(=O)[C@@H]1CN(C(=O)c2ccc(Cl)cn2)C[C@H]1C(F)(F)F. The van der Waals surface area contributed by atoms with E-state index in [0.29, 0.717) is 5.02 Å². The van der Waals surface area contributed by atoms with E-state index in [4.69, 9.17) is 17.3 Å². The van der Waals surface area contributed by atoms with Crippen molar-refractivity contribution in [2.24, 2.45) is 17.6 Å². The van der Waals surface area contributed by atoms with Crippen molar-refractivity contribution >= 4 is 23.4 Å². The van der Waals surface area contributed by atoms with Crippen molar-refractivity contribution in [3.63, 3.8) is 0 Å². The minimum absolute atomic E-state index is 0.0366. The molecule has 2 atom stereocenters. The van der Waals surface area contributed by atoms with Crippen molar-refractivity contribution < 1.29 is 22.8 Å². The highest BCUT2D eigenvalue weighted by Gasteiger charge is 2.52. The van der Waals surface area contributed by atoms with Crippen LogP contribution in [0.4, 0.5) is 13.2 Å². The molecule has 2 heterocycles. The number of hydrogen-bond acceptors (Lipinski definition) is 3. The van der Waals surface area contributed by atoms with Gasteiger partial charge in [0.05, 0.1) is 16.9 Å². The van der Waals surface area contributed by atoms with Crippen molar-refractivity contribution in [2.75, 3.05) is 13.1 Å². The van der Waals surface area contributed by atoms with Gasteiger partial charge in [-0.2, -0.15) is 13.2 Å². The molecule has 1 aliphatic rings. The zero-order valence-corrected chi connectivity index (χ0v) is 11.4. The standard InChI is InChI=1S/C12H11ClF3N3O2/c13-6-1-2-9(18-3-6)11(21)19-4-7(10(17)20)8(5-19)12(14,15)16/h1-3,7-8H,4-5H2,(H2,17,20)/t7-,8-/m1/s1. The van der Waals surface area contributed by atoms with E-state index < -0.39 is 36.4 Å². The summed E-state index contributed by atoms with van der Waals surface area (Å²) in [4.78, 5) is 28.0. The van der Waals surface area contributed by atoms with Gasteiger partial charge in [-0.15, -0.1) is 0 Å². The largest absolute Gasteiger partial charge is 0.394 e. The molecule has 0 aromatic carbocycles. The molecule has 5 nitrogen and oxygen atoms in total. The van der Waals surface area contributed by atoms with Crippen LogP contribution in [0.2, 0.25) is 5.02 Å². The van der Waals surface area contributed by atoms with Gasteiger partial charge < -0.3 is 10.6 Å². The molecule has 0 saturated carbocycles. The predicted molar refractivity (Wildman–Crippen MR) is 67.4 cm³/mol. The summed E-state index contributed by atoms with van der Waals surface area (Å²) >= 11 is 5.63.